The lowest BCUT2D eigenvalue weighted by molar-refractivity contribution is -0.140. The zero-order valence-corrected chi connectivity index (χ0v) is 24.2. The molecule has 1 heterocycles. The standard InChI is InChI=1S/C26H22Br3NO6/c1-3-6-30-25(34)11-5-4-10-12(19(11)26(30)35)7-14-20(16(31)9-15(27)23(14)32)18(10)13-8-17(36-2)24(33)22(29)21(13)28/h4,8-9,11-12,18-19,33H,3,5-7H2,1-2H3. The van der Waals surface area contributed by atoms with Crippen molar-refractivity contribution in [3.63, 3.8) is 0 Å². The topological polar surface area (TPSA) is 101 Å². The first-order chi connectivity index (χ1) is 17.1. The number of nitrogens with zero attached hydrogens (tertiary/aromatic N) is 1. The van der Waals surface area contributed by atoms with Crippen LogP contribution in [0.1, 0.15) is 37.7 Å². The normalized spacial score (nSPS) is 27.5. The summed E-state index contributed by atoms with van der Waals surface area (Å²) < 4.78 is 6.41. The van der Waals surface area contributed by atoms with Crippen molar-refractivity contribution in [3.8, 4) is 11.5 Å². The van der Waals surface area contributed by atoms with Gasteiger partial charge in [0.05, 0.1) is 27.9 Å². The number of ketones is 2. The summed E-state index contributed by atoms with van der Waals surface area (Å²) >= 11 is 10.2. The van der Waals surface area contributed by atoms with Crippen LogP contribution in [0, 0.1) is 17.8 Å². The number of hydrogen-bond donors (Lipinski definition) is 1. The summed E-state index contributed by atoms with van der Waals surface area (Å²) in [6.45, 7) is 2.28. The van der Waals surface area contributed by atoms with Gasteiger partial charge < -0.3 is 9.84 Å². The minimum absolute atomic E-state index is 0.104. The number of phenols is 1. The van der Waals surface area contributed by atoms with E-state index in [1.54, 1.807) is 6.07 Å². The Hall–Kier alpha value is -2.04. The van der Waals surface area contributed by atoms with E-state index in [2.05, 4.69) is 47.8 Å². The molecule has 0 radical (unpaired) electrons. The van der Waals surface area contributed by atoms with Crippen LogP contribution in [0.3, 0.4) is 0 Å². The lowest BCUT2D eigenvalue weighted by atomic mass is 9.59. The van der Waals surface area contributed by atoms with Crippen LogP contribution in [0.4, 0.5) is 0 Å². The summed E-state index contributed by atoms with van der Waals surface area (Å²) in [6.07, 6.45) is 4.51. The van der Waals surface area contributed by atoms with E-state index >= 15 is 0 Å². The second-order valence-electron chi connectivity index (χ2n) is 9.37. The van der Waals surface area contributed by atoms with Crippen LogP contribution < -0.4 is 4.74 Å². The monoisotopic (exact) mass is 681 g/mol. The van der Waals surface area contributed by atoms with Crippen molar-refractivity contribution in [2.45, 2.75) is 32.1 Å². The third-order valence-electron chi connectivity index (χ3n) is 7.57. The SMILES string of the molecule is CCCN1C(=O)C2CC=C3C(c4cc(OC)c(O)c(Br)c4Br)C4=C(CC3C2C1=O)C(=O)C(Br)=CC4=O. The molecule has 3 aliphatic carbocycles. The van der Waals surface area contributed by atoms with Crippen molar-refractivity contribution < 1.29 is 29.0 Å². The molecular weight excluding hydrogens is 662 g/mol. The number of allylic oxidation sites excluding steroid dienone is 6. The predicted molar refractivity (Wildman–Crippen MR) is 142 cm³/mol. The van der Waals surface area contributed by atoms with E-state index in [0.717, 1.165) is 5.57 Å². The fourth-order valence-electron chi connectivity index (χ4n) is 6.05. The minimum atomic E-state index is -0.656. The molecule has 7 nitrogen and oxygen atoms in total. The Morgan fingerprint density at radius 2 is 1.81 bits per heavy atom. The summed E-state index contributed by atoms with van der Waals surface area (Å²) in [5.41, 5.74) is 2.16. The molecule has 1 fully saturated rings. The molecular formula is C26H22Br3NO6. The zero-order valence-electron chi connectivity index (χ0n) is 19.4. The molecule has 10 heteroatoms. The van der Waals surface area contributed by atoms with Gasteiger partial charge in [-0.15, -0.1) is 0 Å². The van der Waals surface area contributed by atoms with E-state index in [9.17, 15) is 24.3 Å². The van der Waals surface area contributed by atoms with Crippen molar-refractivity contribution in [1.82, 2.24) is 4.90 Å². The maximum Gasteiger partial charge on any atom is 0.233 e. The Bertz CT molecular complexity index is 1340. The first-order valence-electron chi connectivity index (χ1n) is 11.6. The van der Waals surface area contributed by atoms with Gasteiger partial charge in [0, 0.05) is 34.2 Å². The first kappa shape index (κ1) is 25.6. The highest BCUT2D eigenvalue weighted by Gasteiger charge is 2.56. The second kappa shape index (κ2) is 9.36. The van der Waals surface area contributed by atoms with E-state index in [-0.39, 0.29) is 45.8 Å². The Kier molecular flexibility index (Phi) is 6.66. The first-order valence-corrected chi connectivity index (χ1v) is 14.0. The van der Waals surface area contributed by atoms with E-state index in [4.69, 9.17) is 4.74 Å². The van der Waals surface area contributed by atoms with Gasteiger partial charge in [-0.05, 0) is 84.6 Å². The molecule has 4 unspecified atom stereocenters. The molecule has 4 atom stereocenters. The predicted octanol–water partition coefficient (Wildman–Crippen LogP) is 5.10. The molecule has 0 aromatic heterocycles. The molecule has 2 amide bonds. The number of fused-ring (bicyclic) bond motifs is 3. The van der Waals surface area contributed by atoms with Gasteiger partial charge in [-0.3, -0.25) is 24.1 Å². The maximum absolute atomic E-state index is 13.5. The van der Waals surface area contributed by atoms with Gasteiger partial charge in [-0.2, -0.15) is 0 Å². The fourth-order valence-corrected chi connectivity index (χ4v) is 7.45. The zero-order chi connectivity index (χ0) is 26.0. The van der Waals surface area contributed by atoms with Gasteiger partial charge in [0.1, 0.15) is 0 Å². The third kappa shape index (κ3) is 3.62. The fraction of sp³-hybridized carbons (Fsp3) is 0.385. The molecule has 0 saturated carbocycles. The number of likely N-dealkylation sites (tertiary alicyclic amines) is 1. The number of carbonyl (C=O) groups excluding carboxylic acids is 4. The van der Waals surface area contributed by atoms with Crippen LogP contribution in [-0.2, 0) is 19.2 Å². The van der Waals surface area contributed by atoms with Gasteiger partial charge in [-0.1, -0.05) is 18.6 Å². The highest BCUT2D eigenvalue weighted by Crippen LogP contribution is 2.57. The third-order valence-corrected chi connectivity index (χ3v) is 10.3. The van der Waals surface area contributed by atoms with Crippen molar-refractivity contribution in [1.29, 1.82) is 0 Å². The Labute approximate surface area is 233 Å². The molecule has 36 heavy (non-hydrogen) atoms. The molecule has 188 valence electrons. The van der Waals surface area contributed by atoms with Crippen LogP contribution in [0.2, 0.25) is 0 Å². The summed E-state index contributed by atoms with van der Waals surface area (Å²) in [4.78, 5) is 54.6. The van der Waals surface area contributed by atoms with Crippen molar-refractivity contribution in [2.24, 2.45) is 17.8 Å². The van der Waals surface area contributed by atoms with Gasteiger partial charge in [-0.25, -0.2) is 0 Å². The molecule has 1 aliphatic heterocycles. The lowest BCUT2D eigenvalue weighted by Crippen LogP contribution is -2.39. The highest BCUT2D eigenvalue weighted by atomic mass is 79.9. The van der Waals surface area contributed by atoms with Gasteiger partial charge >= 0.3 is 0 Å². The van der Waals surface area contributed by atoms with E-state index in [1.807, 2.05) is 13.0 Å². The van der Waals surface area contributed by atoms with E-state index in [0.29, 0.717) is 45.0 Å². The maximum atomic E-state index is 13.5. The molecule has 4 aliphatic rings. The molecule has 1 aromatic rings. The lowest BCUT2D eigenvalue weighted by Gasteiger charge is -2.42. The van der Waals surface area contributed by atoms with Crippen LogP contribution in [0.5, 0.6) is 11.5 Å². The molecule has 5 rings (SSSR count). The van der Waals surface area contributed by atoms with Crippen molar-refractivity contribution in [3.05, 3.63) is 53.9 Å². The summed E-state index contributed by atoms with van der Waals surface area (Å²) in [6, 6.07) is 1.64. The number of phenolic OH excluding ortho intramolecular Hbond substituents is 1. The number of aromatic hydroxyl groups is 1. The molecule has 1 saturated heterocycles. The number of rotatable bonds is 4. The quantitative estimate of drug-likeness (QED) is 0.270. The van der Waals surface area contributed by atoms with Crippen LogP contribution in [0.15, 0.2) is 48.4 Å². The number of benzene rings is 1. The summed E-state index contributed by atoms with van der Waals surface area (Å²) in [7, 11) is 1.43. The van der Waals surface area contributed by atoms with Crippen molar-refractivity contribution in [2.75, 3.05) is 13.7 Å². The number of amides is 2. The smallest absolute Gasteiger partial charge is 0.233 e. The number of Topliss-reactive ketones (excluding diaryl/α,β-unsaturated/α-hetero) is 1. The average Bonchev–Trinajstić information content (AvgIpc) is 3.10. The highest BCUT2D eigenvalue weighted by molar-refractivity contribution is 9.13. The number of carbonyl (C=O) groups is 4. The number of hydrogen-bond acceptors (Lipinski definition) is 6. The minimum Gasteiger partial charge on any atom is -0.503 e. The van der Waals surface area contributed by atoms with E-state index in [1.165, 1.54) is 18.1 Å². The van der Waals surface area contributed by atoms with E-state index < -0.39 is 23.7 Å². The molecule has 1 aromatic carbocycles. The number of ether oxygens (including phenoxy) is 1. The average molecular weight is 684 g/mol. The number of halogens is 3. The Balaban J connectivity index is 1.74. The summed E-state index contributed by atoms with van der Waals surface area (Å²) in [5, 5.41) is 10.5. The number of imide groups is 1. The second-order valence-corrected chi connectivity index (χ2v) is 11.8. The van der Waals surface area contributed by atoms with Gasteiger partial charge in [0.15, 0.2) is 23.1 Å². The van der Waals surface area contributed by atoms with Crippen LogP contribution in [-0.4, -0.2) is 47.0 Å². The van der Waals surface area contributed by atoms with Crippen LogP contribution in [0.25, 0.3) is 0 Å². The summed E-state index contributed by atoms with van der Waals surface area (Å²) in [5.74, 6) is -2.99. The van der Waals surface area contributed by atoms with Gasteiger partial charge in [0.25, 0.3) is 0 Å². The van der Waals surface area contributed by atoms with Gasteiger partial charge in [0.2, 0.25) is 11.8 Å². The largest absolute Gasteiger partial charge is 0.503 e. The Morgan fingerprint density at radius 3 is 2.47 bits per heavy atom. The van der Waals surface area contributed by atoms with Crippen LogP contribution >= 0.6 is 47.8 Å². The molecule has 0 bridgehead atoms. The van der Waals surface area contributed by atoms with Crippen molar-refractivity contribution >= 4 is 71.2 Å². The number of methoxy groups -OCH3 is 1. The molecule has 0 spiro atoms. The Morgan fingerprint density at radius 1 is 1.08 bits per heavy atom. The molecule has 1 N–H and O–H groups in total.